The number of aliphatic carboxylic acids is 1. The van der Waals surface area contributed by atoms with Crippen LogP contribution >= 0.6 is 22.9 Å². The molecule has 0 aliphatic rings. The smallest absolute Gasteiger partial charge is 0.419 e. The van der Waals surface area contributed by atoms with Gasteiger partial charge in [-0.05, 0) is 36.8 Å². The molecule has 30 heavy (non-hydrogen) atoms. The summed E-state index contributed by atoms with van der Waals surface area (Å²) in [5.41, 5.74) is -1.50. The molecule has 5 nitrogen and oxygen atoms in total. The molecule has 0 aliphatic heterocycles. The fraction of sp³-hybridized carbons (Fsp3) is 0.211. The topological polar surface area (TPSA) is 71.7 Å². The molecular formula is C19H13ClF4N2O3S. The van der Waals surface area contributed by atoms with Gasteiger partial charge in [-0.3, -0.25) is 4.79 Å². The SMILES string of the molecule is CCC(C(=O)O)n1c(=NC(=O)c2cccc(Cl)c2)sc2c(F)c(C(F)(F)F)ccc21. The van der Waals surface area contributed by atoms with Gasteiger partial charge in [0.05, 0.1) is 15.8 Å². The number of carbonyl (C=O) groups is 2. The lowest BCUT2D eigenvalue weighted by Gasteiger charge is -2.14. The van der Waals surface area contributed by atoms with Crippen LogP contribution in [-0.4, -0.2) is 21.6 Å². The van der Waals surface area contributed by atoms with Crippen molar-refractivity contribution in [1.29, 1.82) is 0 Å². The number of amides is 1. The van der Waals surface area contributed by atoms with Gasteiger partial charge in [0, 0.05) is 10.6 Å². The number of alkyl halides is 3. The molecule has 3 rings (SSSR count). The van der Waals surface area contributed by atoms with Crippen molar-refractivity contribution < 1.29 is 32.3 Å². The van der Waals surface area contributed by atoms with Crippen molar-refractivity contribution in [3.8, 4) is 0 Å². The molecule has 1 atom stereocenters. The van der Waals surface area contributed by atoms with Crippen LogP contribution in [0.1, 0.15) is 35.3 Å². The van der Waals surface area contributed by atoms with Crippen LogP contribution in [0.5, 0.6) is 0 Å². The first-order valence-corrected chi connectivity index (χ1v) is 9.72. The molecule has 0 saturated carbocycles. The molecule has 1 aromatic heterocycles. The Kier molecular flexibility index (Phi) is 6.00. The molecule has 2 aromatic carbocycles. The van der Waals surface area contributed by atoms with Crippen molar-refractivity contribution in [3.63, 3.8) is 0 Å². The second kappa shape index (κ2) is 8.19. The highest BCUT2D eigenvalue weighted by atomic mass is 35.5. The minimum Gasteiger partial charge on any atom is -0.480 e. The Balaban J connectivity index is 2.32. The highest BCUT2D eigenvalue weighted by molar-refractivity contribution is 7.16. The fourth-order valence-electron chi connectivity index (χ4n) is 2.91. The van der Waals surface area contributed by atoms with Crippen molar-refractivity contribution >= 4 is 45.0 Å². The van der Waals surface area contributed by atoms with Crippen LogP contribution in [0.2, 0.25) is 5.02 Å². The van der Waals surface area contributed by atoms with Gasteiger partial charge in [0.1, 0.15) is 6.04 Å². The number of hydrogen-bond donors (Lipinski definition) is 1. The highest BCUT2D eigenvalue weighted by Gasteiger charge is 2.36. The van der Waals surface area contributed by atoms with Crippen LogP contribution in [-0.2, 0) is 11.0 Å². The maximum Gasteiger partial charge on any atom is 0.419 e. The van der Waals surface area contributed by atoms with Gasteiger partial charge < -0.3 is 9.67 Å². The van der Waals surface area contributed by atoms with E-state index in [9.17, 15) is 32.3 Å². The predicted molar refractivity (Wildman–Crippen MR) is 103 cm³/mol. The third kappa shape index (κ3) is 4.10. The molecule has 0 saturated heterocycles. The summed E-state index contributed by atoms with van der Waals surface area (Å²) in [6.45, 7) is 1.54. The minimum absolute atomic E-state index is 0.0301. The Bertz CT molecular complexity index is 1220. The summed E-state index contributed by atoms with van der Waals surface area (Å²) in [5.74, 6) is -3.64. The van der Waals surface area contributed by atoms with E-state index in [1.54, 1.807) is 0 Å². The second-order valence-corrected chi connectivity index (χ2v) is 7.63. The van der Waals surface area contributed by atoms with E-state index in [-0.39, 0.29) is 27.3 Å². The Morgan fingerprint density at radius 1 is 1.27 bits per heavy atom. The summed E-state index contributed by atoms with van der Waals surface area (Å²) >= 11 is 6.33. The number of carboxylic acid groups (broad SMARTS) is 1. The van der Waals surface area contributed by atoms with Crippen molar-refractivity contribution in [2.75, 3.05) is 0 Å². The van der Waals surface area contributed by atoms with Crippen molar-refractivity contribution in [2.24, 2.45) is 4.99 Å². The van der Waals surface area contributed by atoms with Crippen molar-refractivity contribution in [2.45, 2.75) is 25.6 Å². The van der Waals surface area contributed by atoms with Crippen molar-refractivity contribution in [1.82, 2.24) is 4.57 Å². The number of carboxylic acids is 1. The summed E-state index contributed by atoms with van der Waals surface area (Å²) in [5, 5.41) is 9.80. The molecule has 0 fully saturated rings. The molecule has 1 N–H and O–H groups in total. The third-order valence-electron chi connectivity index (χ3n) is 4.29. The van der Waals surface area contributed by atoms with E-state index in [2.05, 4.69) is 4.99 Å². The molecule has 0 aliphatic carbocycles. The molecule has 1 heterocycles. The van der Waals surface area contributed by atoms with Crippen LogP contribution in [0.15, 0.2) is 41.4 Å². The average Bonchev–Trinajstić information content (AvgIpc) is 3.00. The zero-order valence-electron chi connectivity index (χ0n) is 15.2. The first kappa shape index (κ1) is 22.0. The number of carbonyl (C=O) groups excluding carboxylic acids is 1. The predicted octanol–water partition coefficient (Wildman–Crippen LogP) is 5.29. The second-order valence-electron chi connectivity index (χ2n) is 6.22. The number of fused-ring (bicyclic) bond motifs is 1. The number of benzene rings is 2. The van der Waals surface area contributed by atoms with Gasteiger partial charge in [0.25, 0.3) is 5.91 Å². The average molecular weight is 461 g/mol. The molecule has 158 valence electrons. The first-order chi connectivity index (χ1) is 14.0. The summed E-state index contributed by atoms with van der Waals surface area (Å²) < 4.78 is 54.5. The quantitative estimate of drug-likeness (QED) is 0.538. The van der Waals surface area contributed by atoms with Crippen molar-refractivity contribution in [3.05, 3.63) is 63.2 Å². The monoisotopic (exact) mass is 460 g/mol. The zero-order valence-corrected chi connectivity index (χ0v) is 16.8. The van der Waals surface area contributed by atoms with E-state index in [4.69, 9.17) is 11.6 Å². The van der Waals surface area contributed by atoms with E-state index in [0.29, 0.717) is 17.4 Å². The molecule has 0 radical (unpaired) electrons. The lowest BCUT2D eigenvalue weighted by atomic mass is 10.1. The maximum absolute atomic E-state index is 14.6. The molecule has 0 bridgehead atoms. The van der Waals surface area contributed by atoms with Crippen LogP contribution < -0.4 is 4.80 Å². The Hall–Kier alpha value is -2.72. The molecular weight excluding hydrogens is 448 g/mol. The number of aromatic nitrogens is 1. The molecule has 11 heteroatoms. The van der Waals surface area contributed by atoms with E-state index < -0.39 is 40.2 Å². The van der Waals surface area contributed by atoms with Gasteiger partial charge in [-0.1, -0.05) is 35.9 Å². The van der Waals surface area contributed by atoms with Gasteiger partial charge in [0.15, 0.2) is 10.6 Å². The fourth-order valence-corrected chi connectivity index (χ4v) is 4.21. The maximum atomic E-state index is 14.6. The van der Waals surface area contributed by atoms with Crippen LogP contribution in [0.25, 0.3) is 10.2 Å². The molecule has 0 spiro atoms. The molecule has 1 unspecified atom stereocenters. The lowest BCUT2D eigenvalue weighted by molar-refractivity contribution is -0.141. The van der Waals surface area contributed by atoms with Gasteiger partial charge in [-0.25, -0.2) is 9.18 Å². The summed E-state index contributed by atoms with van der Waals surface area (Å²) in [6.07, 6.45) is -4.90. The van der Waals surface area contributed by atoms with Crippen LogP contribution in [0.3, 0.4) is 0 Å². The number of halogens is 5. The minimum atomic E-state index is -4.93. The van der Waals surface area contributed by atoms with E-state index in [1.165, 1.54) is 31.2 Å². The Labute approximate surface area is 175 Å². The van der Waals surface area contributed by atoms with Gasteiger partial charge in [-0.15, -0.1) is 0 Å². The van der Waals surface area contributed by atoms with Gasteiger partial charge >= 0.3 is 12.1 Å². The van der Waals surface area contributed by atoms with E-state index in [0.717, 1.165) is 10.6 Å². The first-order valence-electron chi connectivity index (χ1n) is 8.52. The number of thiazole rings is 1. The normalized spacial score (nSPS) is 13.6. The summed E-state index contributed by atoms with van der Waals surface area (Å²) in [6, 6.07) is 6.05. The highest BCUT2D eigenvalue weighted by Crippen LogP contribution is 2.36. The largest absolute Gasteiger partial charge is 0.480 e. The lowest BCUT2D eigenvalue weighted by Crippen LogP contribution is -2.27. The Morgan fingerprint density at radius 2 is 1.97 bits per heavy atom. The van der Waals surface area contributed by atoms with Gasteiger partial charge in [-0.2, -0.15) is 18.2 Å². The number of rotatable bonds is 4. The number of nitrogens with zero attached hydrogens (tertiary/aromatic N) is 2. The Morgan fingerprint density at radius 3 is 2.53 bits per heavy atom. The van der Waals surface area contributed by atoms with Crippen LogP contribution in [0, 0.1) is 5.82 Å². The number of hydrogen-bond acceptors (Lipinski definition) is 3. The molecule has 3 aromatic rings. The molecule has 1 amide bonds. The van der Waals surface area contributed by atoms with Crippen LogP contribution in [0.4, 0.5) is 17.6 Å². The standard InChI is InChI=1S/C19H13ClF4N2O3S/c1-2-12(17(28)29)26-13-7-6-11(19(22,23)24)14(21)15(13)30-18(26)25-16(27)9-4-3-5-10(20)8-9/h3-8,12H,2H2,1H3,(H,28,29). The summed E-state index contributed by atoms with van der Waals surface area (Å²) in [7, 11) is 0. The zero-order chi connectivity index (χ0) is 22.2. The summed E-state index contributed by atoms with van der Waals surface area (Å²) in [4.78, 5) is 27.9. The van der Waals surface area contributed by atoms with E-state index >= 15 is 0 Å². The third-order valence-corrected chi connectivity index (χ3v) is 5.59. The van der Waals surface area contributed by atoms with Gasteiger partial charge in [0.2, 0.25) is 0 Å². The van der Waals surface area contributed by atoms with E-state index in [1.807, 2.05) is 0 Å².